The third kappa shape index (κ3) is 4.35. The number of hydrogen-bond donors (Lipinski definition) is 2. The number of anilines is 1. The van der Waals surface area contributed by atoms with Crippen LogP contribution in [0.15, 0.2) is 41.5 Å². The fraction of sp³-hybridized carbons (Fsp3) is 0. The van der Waals surface area contributed by atoms with Gasteiger partial charge in [0.15, 0.2) is 0 Å². The number of hydrazone groups is 1. The summed E-state index contributed by atoms with van der Waals surface area (Å²) in [7, 11) is 0. The van der Waals surface area contributed by atoms with Gasteiger partial charge in [0.25, 0.3) is 0 Å². The second-order valence-electron chi connectivity index (χ2n) is 3.47. The zero-order chi connectivity index (χ0) is 13.7. The normalized spacial score (nSPS) is 10.6. The zero-order valence-electron chi connectivity index (χ0n) is 9.56. The number of benzene rings is 1. The number of nitrogens with one attached hydrogen (secondary N) is 2. The number of halogens is 2. The smallest absolute Gasteiger partial charge is 0.307 e. The molecule has 0 atom stereocenters. The summed E-state index contributed by atoms with van der Waals surface area (Å²) in [6.07, 6.45) is 1.49. The van der Waals surface area contributed by atoms with Crippen LogP contribution < -0.4 is 10.7 Å². The monoisotopic (exact) mass is 297 g/mol. The van der Waals surface area contributed by atoms with Gasteiger partial charge in [-0.1, -0.05) is 11.6 Å². The van der Waals surface area contributed by atoms with Crippen LogP contribution in [0.4, 0.5) is 14.9 Å². The lowest BCUT2D eigenvalue weighted by atomic mass is 10.3. The van der Waals surface area contributed by atoms with Crippen LogP contribution in [0.2, 0.25) is 4.34 Å². The number of amides is 2. The maximum Gasteiger partial charge on any atom is 0.339 e. The van der Waals surface area contributed by atoms with E-state index in [1.165, 1.54) is 41.8 Å². The highest BCUT2D eigenvalue weighted by Crippen LogP contribution is 2.19. The molecule has 7 heteroatoms. The van der Waals surface area contributed by atoms with Crippen molar-refractivity contribution in [3.8, 4) is 0 Å². The average Bonchev–Trinajstić information content (AvgIpc) is 2.78. The Bertz CT molecular complexity index is 597. The van der Waals surface area contributed by atoms with Gasteiger partial charge in [0, 0.05) is 10.6 Å². The molecule has 1 aromatic heterocycles. The highest BCUT2D eigenvalue weighted by Gasteiger charge is 2.00. The largest absolute Gasteiger partial charge is 0.339 e. The van der Waals surface area contributed by atoms with Gasteiger partial charge < -0.3 is 5.32 Å². The molecule has 1 heterocycles. The maximum absolute atomic E-state index is 12.7. The Hall–Kier alpha value is -1.92. The van der Waals surface area contributed by atoms with Gasteiger partial charge in [-0.25, -0.2) is 14.6 Å². The summed E-state index contributed by atoms with van der Waals surface area (Å²) in [6.45, 7) is 0. The van der Waals surface area contributed by atoms with Crippen LogP contribution in [0.1, 0.15) is 4.88 Å². The fourth-order valence-corrected chi connectivity index (χ4v) is 2.18. The fourth-order valence-electron chi connectivity index (χ4n) is 1.24. The van der Waals surface area contributed by atoms with Crippen LogP contribution in [0.25, 0.3) is 0 Å². The molecule has 2 rings (SSSR count). The summed E-state index contributed by atoms with van der Waals surface area (Å²) < 4.78 is 13.3. The number of nitrogens with zero attached hydrogens (tertiary/aromatic N) is 1. The second-order valence-corrected chi connectivity index (χ2v) is 5.22. The molecular formula is C12H9ClFN3OS. The lowest BCUT2D eigenvalue weighted by molar-refractivity contribution is 0.252. The van der Waals surface area contributed by atoms with E-state index >= 15 is 0 Å². The van der Waals surface area contributed by atoms with E-state index in [0.717, 1.165) is 4.88 Å². The number of rotatable bonds is 3. The first-order valence-electron chi connectivity index (χ1n) is 5.24. The molecule has 0 bridgehead atoms. The molecule has 98 valence electrons. The lowest BCUT2D eigenvalue weighted by Crippen LogP contribution is -2.24. The minimum atomic E-state index is -0.509. The molecule has 2 aromatic rings. The summed E-state index contributed by atoms with van der Waals surface area (Å²) in [5.74, 6) is -0.362. The van der Waals surface area contributed by atoms with Crippen LogP contribution in [0, 0.1) is 5.82 Å². The van der Waals surface area contributed by atoms with E-state index < -0.39 is 6.03 Å². The van der Waals surface area contributed by atoms with Crippen molar-refractivity contribution in [1.29, 1.82) is 0 Å². The Morgan fingerprint density at radius 1 is 1.26 bits per heavy atom. The van der Waals surface area contributed by atoms with Crippen molar-refractivity contribution in [1.82, 2.24) is 5.43 Å². The van der Waals surface area contributed by atoms with E-state index in [9.17, 15) is 9.18 Å². The molecule has 0 saturated heterocycles. The quantitative estimate of drug-likeness (QED) is 0.659. The van der Waals surface area contributed by atoms with Gasteiger partial charge in [0.2, 0.25) is 0 Å². The summed E-state index contributed by atoms with van der Waals surface area (Å²) in [4.78, 5) is 12.3. The predicted octanol–water partition coefficient (Wildman–Crippen LogP) is 3.70. The molecular weight excluding hydrogens is 289 g/mol. The topological polar surface area (TPSA) is 53.5 Å². The van der Waals surface area contributed by atoms with Gasteiger partial charge in [-0.2, -0.15) is 5.10 Å². The van der Waals surface area contributed by atoms with Crippen LogP contribution in [-0.4, -0.2) is 12.2 Å². The van der Waals surface area contributed by atoms with E-state index in [1.807, 2.05) is 0 Å². The van der Waals surface area contributed by atoms with Gasteiger partial charge >= 0.3 is 6.03 Å². The zero-order valence-corrected chi connectivity index (χ0v) is 11.1. The molecule has 0 unspecified atom stereocenters. The van der Waals surface area contributed by atoms with Gasteiger partial charge in [0.1, 0.15) is 5.82 Å². The van der Waals surface area contributed by atoms with Gasteiger partial charge in [-0.3, -0.25) is 0 Å². The number of urea groups is 1. The highest BCUT2D eigenvalue weighted by molar-refractivity contribution is 7.17. The van der Waals surface area contributed by atoms with Gasteiger partial charge in [-0.05, 0) is 36.4 Å². The maximum atomic E-state index is 12.7. The van der Waals surface area contributed by atoms with E-state index in [1.54, 1.807) is 12.1 Å². The van der Waals surface area contributed by atoms with Crippen molar-refractivity contribution in [3.63, 3.8) is 0 Å². The van der Waals surface area contributed by atoms with Crippen molar-refractivity contribution in [2.24, 2.45) is 5.10 Å². The van der Waals surface area contributed by atoms with Crippen molar-refractivity contribution in [2.45, 2.75) is 0 Å². The Labute approximate surface area is 117 Å². The average molecular weight is 298 g/mol. The molecule has 0 saturated carbocycles. The number of hydrogen-bond acceptors (Lipinski definition) is 3. The van der Waals surface area contributed by atoms with Crippen molar-refractivity contribution >= 4 is 40.9 Å². The predicted molar refractivity (Wildman–Crippen MR) is 75.5 cm³/mol. The van der Waals surface area contributed by atoms with Crippen LogP contribution >= 0.6 is 22.9 Å². The Balaban J connectivity index is 1.84. The van der Waals surface area contributed by atoms with Crippen LogP contribution in [0.5, 0.6) is 0 Å². The number of carbonyl (C=O) groups is 1. The molecule has 2 N–H and O–H groups in total. The molecule has 1 aromatic carbocycles. The second kappa shape index (κ2) is 6.31. The van der Waals surface area contributed by atoms with Crippen molar-refractivity contribution < 1.29 is 9.18 Å². The first kappa shape index (κ1) is 13.5. The molecule has 0 spiro atoms. The SMILES string of the molecule is O=C(N/N=C/c1ccc(Cl)s1)Nc1ccc(F)cc1. The highest BCUT2D eigenvalue weighted by atomic mass is 35.5. The molecule has 0 aliphatic heterocycles. The summed E-state index contributed by atoms with van der Waals surface area (Å²) in [5, 5.41) is 6.27. The Morgan fingerprint density at radius 3 is 2.63 bits per heavy atom. The van der Waals surface area contributed by atoms with E-state index in [-0.39, 0.29) is 5.82 Å². The lowest BCUT2D eigenvalue weighted by Gasteiger charge is -2.03. The van der Waals surface area contributed by atoms with Crippen molar-refractivity contribution in [3.05, 3.63) is 51.4 Å². The molecule has 0 radical (unpaired) electrons. The third-order valence-electron chi connectivity index (χ3n) is 2.05. The summed E-state index contributed by atoms with van der Waals surface area (Å²) in [5.41, 5.74) is 2.77. The Kier molecular flexibility index (Phi) is 4.48. The van der Waals surface area contributed by atoms with E-state index in [0.29, 0.717) is 10.0 Å². The van der Waals surface area contributed by atoms with Gasteiger partial charge in [0.05, 0.1) is 10.6 Å². The third-order valence-corrected chi connectivity index (χ3v) is 3.22. The van der Waals surface area contributed by atoms with E-state index in [4.69, 9.17) is 11.6 Å². The summed E-state index contributed by atoms with van der Waals surface area (Å²) in [6, 6.07) is 8.45. The first-order chi connectivity index (χ1) is 9.13. The minimum absolute atomic E-state index is 0.362. The number of carbonyl (C=O) groups excluding carboxylic acids is 1. The Morgan fingerprint density at radius 2 is 2.00 bits per heavy atom. The molecule has 0 fully saturated rings. The summed E-state index contributed by atoms with van der Waals surface area (Å²) >= 11 is 7.10. The molecule has 0 aliphatic carbocycles. The first-order valence-corrected chi connectivity index (χ1v) is 6.44. The molecule has 19 heavy (non-hydrogen) atoms. The van der Waals surface area contributed by atoms with E-state index in [2.05, 4.69) is 15.8 Å². The van der Waals surface area contributed by atoms with Crippen LogP contribution in [0.3, 0.4) is 0 Å². The molecule has 2 amide bonds. The molecule has 4 nitrogen and oxygen atoms in total. The van der Waals surface area contributed by atoms with Crippen LogP contribution in [-0.2, 0) is 0 Å². The standard InChI is InChI=1S/C12H9ClFN3OS/c13-11-6-5-10(19-11)7-15-17-12(18)16-9-3-1-8(14)2-4-9/h1-7H,(H2,16,17,18)/b15-7+. The van der Waals surface area contributed by atoms with Crippen molar-refractivity contribution in [2.75, 3.05) is 5.32 Å². The molecule has 0 aliphatic rings. The number of thiophene rings is 1. The van der Waals surface area contributed by atoms with Gasteiger partial charge in [-0.15, -0.1) is 11.3 Å². The minimum Gasteiger partial charge on any atom is -0.307 e.